The Labute approximate surface area is 83.4 Å². The first-order valence-electron chi connectivity index (χ1n) is 4.66. The van der Waals surface area contributed by atoms with Gasteiger partial charge in [0.05, 0.1) is 5.51 Å². The second-order valence-corrected chi connectivity index (χ2v) is 3.99. The maximum Gasteiger partial charge on any atom is 0.0794 e. The lowest BCUT2D eigenvalue weighted by Crippen LogP contribution is -2.19. The Hall–Kier alpha value is -0.450. The maximum atomic E-state index is 5.40. The number of nitrogens with one attached hydrogen (secondary N) is 1. The maximum absolute atomic E-state index is 5.40. The molecule has 0 aromatic carbocycles. The van der Waals surface area contributed by atoms with Crippen molar-refractivity contribution < 1.29 is 0 Å². The van der Waals surface area contributed by atoms with Crippen LogP contribution in [0.3, 0.4) is 0 Å². The van der Waals surface area contributed by atoms with E-state index < -0.39 is 0 Å². The Morgan fingerprint density at radius 2 is 2.46 bits per heavy atom. The molecule has 0 saturated carbocycles. The van der Waals surface area contributed by atoms with E-state index in [4.69, 9.17) is 5.73 Å². The van der Waals surface area contributed by atoms with Gasteiger partial charge in [0.2, 0.25) is 0 Å². The smallest absolute Gasteiger partial charge is 0.0794 e. The SMILES string of the molecule is CC(NCCCCN)c1cncs1. The summed E-state index contributed by atoms with van der Waals surface area (Å²) in [6, 6.07) is 0.422. The van der Waals surface area contributed by atoms with Crippen LogP contribution in [-0.2, 0) is 0 Å². The lowest BCUT2D eigenvalue weighted by molar-refractivity contribution is 0.554. The topological polar surface area (TPSA) is 50.9 Å². The minimum absolute atomic E-state index is 0.422. The molecule has 0 aliphatic heterocycles. The normalized spacial score (nSPS) is 13.1. The fourth-order valence-electron chi connectivity index (χ4n) is 1.13. The highest BCUT2D eigenvalue weighted by molar-refractivity contribution is 7.09. The zero-order valence-corrected chi connectivity index (χ0v) is 8.81. The van der Waals surface area contributed by atoms with Crippen molar-refractivity contribution in [1.82, 2.24) is 10.3 Å². The van der Waals surface area contributed by atoms with Crippen LogP contribution in [0.1, 0.15) is 30.7 Å². The zero-order valence-electron chi connectivity index (χ0n) is 7.99. The molecule has 1 aromatic heterocycles. The second kappa shape index (κ2) is 6.07. The average Bonchev–Trinajstić information content (AvgIpc) is 2.65. The number of thiazole rings is 1. The van der Waals surface area contributed by atoms with Gasteiger partial charge in [0, 0.05) is 17.1 Å². The van der Waals surface area contributed by atoms with Gasteiger partial charge in [-0.05, 0) is 32.9 Å². The molecule has 0 fully saturated rings. The summed E-state index contributed by atoms with van der Waals surface area (Å²) >= 11 is 1.70. The van der Waals surface area contributed by atoms with Crippen LogP contribution in [0.5, 0.6) is 0 Å². The van der Waals surface area contributed by atoms with Crippen molar-refractivity contribution in [3.63, 3.8) is 0 Å². The van der Waals surface area contributed by atoms with Crippen LogP contribution >= 0.6 is 11.3 Å². The molecular formula is C9H17N3S. The van der Waals surface area contributed by atoms with Crippen LogP contribution in [-0.4, -0.2) is 18.1 Å². The number of aromatic nitrogens is 1. The van der Waals surface area contributed by atoms with E-state index in [1.807, 2.05) is 11.7 Å². The molecule has 0 aliphatic rings. The molecule has 0 radical (unpaired) electrons. The first kappa shape index (κ1) is 10.6. The van der Waals surface area contributed by atoms with E-state index in [0.717, 1.165) is 25.9 Å². The van der Waals surface area contributed by atoms with Gasteiger partial charge in [-0.1, -0.05) is 0 Å². The van der Waals surface area contributed by atoms with Gasteiger partial charge < -0.3 is 11.1 Å². The molecule has 0 bridgehead atoms. The highest BCUT2D eigenvalue weighted by atomic mass is 32.1. The Morgan fingerprint density at radius 3 is 3.08 bits per heavy atom. The van der Waals surface area contributed by atoms with Gasteiger partial charge in [0.25, 0.3) is 0 Å². The molecule has 0 amide bonds. The Kier molecular flexibility index (Phi) is 4.97. The highest BCUT2D eigenvalue weighted by Crippen LogP contribution is 2.15. The molecule has 1 rings (SSSR count). The number of nitrogens with two attached hydrogens (primary N) is 1. The third-order valence-corrected chi connectivity index (χ3v) is 2.92. The third kappa shape index (κ3) is 3.85. The molecule has 4 heteroatoms. The van der Waals surface area contributed by atoms with Crippen LogP contribution in [0.2, 0.25) is 0 Å². The molecular weight excluding hydrogens is 182 g/mol. The predicted molar refractivity (Wildman–Crippen MR) is 56.8 cm³/mol. The van der Waals surface area contributed by atoms with Crippen molar-refractivity contribution >= 4 is 11.3 Å². The highest BCUT2D eigenvalue weighted by Gasteiger charge is 2.04. The van der Waals surface area contributed by atoms with Gasteiger partial charge in [0.1, 0.15) is 0 Å². The van der Waals surface area contributed by atoms with Gasteiger partial charge in [-0.25, -0.2) is 0 Å². The standard InChI is InChI=1S/C9H17N3S/c1-8(9-6-11-7-13-9)12-5-3-2-4-10/h6-8,12H,2-5,10H2,1H3. The second-order valence-electron chi connectivity index (χ2n) is 3.08. The fraction of sp³-hybridized carbons (Fsp3) is 0.667. The summed E-state index contributed by atoms with van der Waals surface area (Å²) in [5.41, 5.74) is 7.27. The van der Waals surface area contributed by atoms with E-state index in [9.17, 15) is 0 Å². The quantitative estimate of drug-likeness (QED) is 0.683. The van der Waals surface area contributed by atoms with Gasteiger partial charge in [0.15, 0.2) is 0 Å². The minimum atomic E-state index is 0.422. The number of unbranched alkanes of at least 4 members (excludes halogenated alkanes) is 1. The van der Waals surface area contributed by atoms with Crippen LogP contribution in [0, 0.1) is 0 Å². The zero-order chi connectivity index (χ0) is 9.52. The molecule has 13 heavy (non-hydrogen) atoms. The number of hydrogen-bond donors (Lipinski definition) is 2. The van der Waals surface area contributed by atoms with E-state index in [1.165, 1.54) is 4.88 Å². The van der Waals surface area contributed by atoms with Crippen molar-refractivity contribution in [3.8, 4) is 0 Å². The van der Waals surface area contributed by atoms with E-state index in [0.29, 0.717) is 6.04 Å². The molecule has 3 nitrogen and oxygen atoms in total. The predicted octanol–water partition coefficient (Wildman–Crippen LogP) is 1.53. The van der Waals surface area contributed by atoms with Crippen molar-refractivity contribution in [2.75, 3.05) is 13.1 Å². The van der Waals surface area contributed by atoms with Gasteiger partial charge >= 0.3 is 0 Å². The molecule has 1 unspecified atom stereocenters. The molecule has 1 atom stereocenters. The summed E-state index contributed by atoms with van der Waals surface area (Å²) in [6.07, 6.45) is 4.17. The summed E-state index contributed by atoms with van der Waals surface area (Å²) in [6.45, 7) is 3.99. The monoisotopic (exact) mass is 199 g/mol. The summed E-state index contributed by atoms with van der Waals surface area (Å²) in [7, 11) is 0. The van der Waals surface area contributed by atoms with Crippen LogP contribution in [0.25, 0.3) is 0 Å². The van der Waals surface area contributed by atoms with Gasteiger partial charge in [-0.15, -0.1) is 11.3 Å². The lowest BCUT2D eigenvalue weighted by Gasteiger charge is -2.10. The summed E-state index contributed by atoms with van der Waals surface area (Å²) in [4.78, 5) is 5.35. The molecule has 0 aliphatic carbocycles. The molecule has 3 N–H and O–H groups in total. The molecule has 0 spiro atoms. The Balaban J connectivity index is 2.15. The number of hydrogen-bond acceptors (Lipinski definition) is 4. The molecule has 1 heterocycles. The van der Waals surface area contributed by atoms with Crippen LogP contribution in [0.4, 0.5) is 0 Å². The average molecular weight is 199 g/mol. The third-order valence-electron chi connectivity index (χ3n) is 1.96. The largest absolute Gasteiger partial charge is 0.330 e. The van der Waals surface area contributed by atoms with E-state index in [1.54, 1.807) is 11.3 Å². The van der Waals surface area contributed by atoms with Crippen LogP contribution in [0.15, 0.2) is 11.7 Å². The van der Waals surface area contributed by atoms with Crippen molar-refractivity contribution in [2.24, 2.45) is 5.73 Å². The van der Waals surface area contributed by atoms with Gasteiger partial charge in [-0.3, -0.25) is 4.98 Å². The fourth-order valence-corrected chi connectivity index (χ4v) is 1.78. The number of nitrogens with zero attached hydrogens (tertiary/aromatic N) is 1. The summed E-state index contributed by atoms with van der Waals surface area (Å²) in [5.74, 6) is 0. The first-order chi connectivity index (χ1) is 6.34. The van der Waals surface area contributed by atoms with E-state index >= 15 is 0 Å². The van der Waals surface area contributed by atoms with E-state index in [2.05, 4.69) is 17.2 Å². The molecule has 0 saturated heterocycles. The number of rotatable bonds is 6. The first-order valence-corrected chi connectivity index (χ1v) is 5.54. The van der Waals surface area contributed by atoms with Crippen LogP contribution < -0.4 is 11.1 Å². The van der Waals surface area contributed by atoms with E-state index in [-0.39, 0.29) is 0 Å². The Bertz CT molecular complexity index is 211. The molecule has 74 valence electrons. The summed E-state index contributed by atoms with van der Waals surface area (Å²) in [5, 5.41) is 3.43. The van der Waals surface area contributed by atoms with Crippen molar-refractivity contribution in [2.45, 2.75) is 25.8 Å². The van der Waals surface area contributed by atoms with Crippen molar-refractivity contribution in [3.05, 3.63) is 16.6 Å². The Morgan fingerprint density at radius 1 is 1.62 bits per heavy atom. The lowest BCUT2D eigenvalue weighted by atomic mass is 10.2. The van der Waals surface area contributed by atoms with Gasteiger partial charge in [-0.2, -0.15) is 0 Å². The molecule has 1 aromatic rings. The summed E-state index contributed by atoms with van der Waals surface area (Å²) < 4.78 is 0. The van der Waals surface area contributed by atoms with Crippen molar-refractivity contribution in [1.29, 1.82) is 0 Å². The minimum Gasteiger partial charge on any atom is -0.330 e.